The Hall–Kier alpha value is -0.260. The van der Waals surface area contributed by atoms with E-state index in [-0.39, 0.29) is 10.2 Å². The third-order valence-corrected chi connectivity index (χ3v) is 3.20. The molecule has 1 heterocycles. The molecule has 0 aliphatic carbocycles. The molecule has 0 unspecified atom stereocenters. The molecule has 0 amide bonds. The van der Waals surface area contributed by atoms with Crippen molar-refractivity contribution in [1.82, 2.24) is 9.78 Å². The van der Waals surface area contributed by atoms with Gasteiger partial charge in [-0.15, -0.1) is 0 Å². The Morgan fingerprint density at radius 1 is 1.50 bits per heavy atom. The largest absolute Gasteiger partial charge is 0.280 e. The van der Waals surface area contributed by atoms with E-state index < -0.39 is 9.05 Å². The Balaban J connectivity index is 3.48. The summed E-state index contributed by atoms with van der Waals surface area (Å²) in [4.78, 5) is 0. The van der Waals surface area contributed by atoms with Crippen LogP contribution in [-0.4, -0.2) is 18.2 Å². The summed E-state index contributed by atoms with van der Waals surface area (Å²) in [6.45, 7) is 1.55. The third-order valence-electron chi connectivity index (χ3n) is 1.39. The summed E-state index contributed by atoms with van der Waals surface area (Å²) in [6, 6.07) is 0. The van der Waals surface area contributed by atoms with Gasteiger partial charge in [-0.3, -0.25) is 4.68 Å². The number of halogens is 2. The lowest BCUT2D eigenvalue weighted by atomic mass is 10.4. The first kappa shape index (κ1) is 9.83. The first-order valence-corrected chi connectivity index (χ1v) is 5.66. The van der Waals surface area contributed by atoms with Gasteiger partial charge in [0.05, 0.1) is 0 Å². The molecule has 0 saturated heterocycles. The minimum absolute atomic E-state index is 0.184. The van der Waals surface area contributed by atoms with Crippen molar-refractivity contribution in [2.24, 2.45) is 7.05 Å². The molecular formula is C5H6Cl2N2O2S. The van der Waals surface area contributed by atoms with Crippen LogP contribution in [0, 0.1) is 6.92 Å². The molecule has 1 aromatic heterocycles. The lowest BCUT2D eigenvalue weighted by molar-refractivity contribution is 0.601. The maximum absolute atomic E-state index is 10.9. The smallest absolute Gasteiger partial charge is 0.255 e. The Morgan fingerprint density at radius 2 is 2.00 bits per heavy atom. The fourth-order valence-corrected chi connectivity index (χ4v) is 2.12. The highest BCUT2D eigenvalue weighted by molar-refractivity contribution is 8.13. The highest BCUT2D eigenvalue weighted by Gasteiger charge is 2.20. The summed E-state index contributed by atoms with van der Waals surface area (Å²) < 4.78 is 23.0. The number of hydrogen-bond acceptors (Lipinski definition) is 3. The van der Waals surface area contributed by atoms with Gasteiger partial charge in [0.25, 0.3) is 9.05 Å². The topological polar surface area (TPSA) is 52.0 Å². The Morgan fingerprint density at radius 3 is 2.17 bits per heavy atom. The number of nitrogens with zero attached hydrogens (tertiary/aromatic N) is 2. The standard InChI is InChI=1S/C5H6Cl2N2O2S/c1-3-4(6)9(2)8-5(3)12(7,10)11/h1-2H3. The molecule has 0 spiro atoms. The predicted octanol–water partition coefficient (Wildman–Crippen LogP) is 1.31. The molecule has 0 fully saturated rings. The summed E-state index contributed by atoms with van der Waals surface area (Å²) in [6.07, 6.45) is 0. The lowest BCUT2D eigenvalue weighted by Gasteiger charge is -1.88. The van der Waals surface area contributed by atoms with Crippen molar-refractivity contribution < 1.29 is 8.42 Å². The maximum atomic E-state index is 10.9. The highest BCUT2D eigenvalue weighted by atomic mass is 35.7. The van der Waals surface area contributed by atoms with Crippen LogP contribution in [0.15, 0.2) is 5.03 Å². The van der Waals surface area contributed by atoms with Gasteiger partial charge in [0.2, 0.25) is 0 Å². The normalized spacial score (nSPS) is 12.0. The van der Waals surface area contributed by atoms with E-state index in [0.717, 1.165) is 0 Å². The molecule has 0 N–H and O–H groups in total. The quantitative estimate of drug-likeness (QED) is 0.682. The van der Waals surface area contributed by atoms with Gasteiger partial charge in [-0.2, -0.15) is 5.10 Å². The minimum Gasteiger partial charge on any atom is -0.255 e. The monoisotopic (exact) mass is 228 g/mol. The van der Waals surface area contributed by atoms with E-state index in [1.807, 2.05) is 0 Å². The Kier molecular flexibility index (Phi) is 2.38. The van der Waals surface area contributed by atoms with Crippen molar-refractivity contribution in [3.63, 3.8) is 0 Å². The van der Waals surface area contributed by atoms with Crippen LogP contribution in [0.25, 0.3) is 0 Å². The number of hydrogen-bond donors (Lipinski definition) is 0. The first-order valence-electron chi connectivity index (χ1n) is 2.98. The Bertz CT molecular complexity index is 409. The van der Waals surface area contributed by atoms with E-state index >= 15 is 0 Å². The molecule has 0 saturated carbocycles. The van der Waals surface area contributed by atoms with Crippen molar-refractivity contribution in [1.29, 1.82) is 0 Å². The van der Waals surface area contributed by atoms with Gasteiger partial charge in [-0.1, -0.05) is 11.6 Å². The zero-order valence-electron chi connectivity index (χ0n) is 6.38. The number of aryl methyl sites for hydroxylation is 1. The molecule has 0 bridgehead atoms. The SMILES string of the molecule is Cc1c(S(=O)(=O)Cl)nn(C)c1Cl. The van der Waals surface area contributed by atoms with Crippen LogP contribution < -0.4 is 0 Å². The second-order valence-electron chi connectivity index (χ2n) is 2.28. The fourth-order valence-electron chi connectivity index (χ4n) is 0.818. The van der Waals surface area contributed by atoms with Gasteiger partial charge in [0, 0.05) is 23.3 Å². The number of rotatable bonds is 1. The molecule has 12 heavy (non-hydrogen) atoms. The van der Waals surface area contributed by atoms with Crippen LogP contribution in [0.3, 0.4) is 0 Å². The van der Waals surface area contributed by atoms with Crippen LogP contribution in [0.1, 0.15) is 5.56 Å². The van der Waals surface area contributed by atoms with Gasteiger partial charge in [-0.25, -0.2) is 8.42 Å². The van der Waals surface area contributed by atoms with Crippen LogP contribution in [0.5, 0.6) is 0 Å². The van der Waals surface area contributed by atoms with Crippen LogP contribution in [0.2, 0.25) is 5.15 Å². The zero-order valence-corrected chi connectivity index (χ0v) is 8.70. The van der Waals surface area contributed by atoms with Crippen LogP contribution >= 0.6 is 22.3 Å². The van der Waals surface area contributed by atoms with Crippen molar-refractivity contribution in [3.05, 3.63) is 10.7 Å². The summed E-state index contributed by atoms with van der Waals surface area (Å²) in [7, 11) is 2.85. The van der Waals surface area contributed by atoms with Crippen molar-refractivity contribution in [3.8, 4) is 0 Å². The summed E-state index contributed by atoms with van der Waals surface area (Å²) in [5.74, 6) is 0. The first-order chi connectivity index (χ1) is 5.34. The van der Waals surface area contributed by atoms with Gasteiger partial charge in [0.15, 0.2) is 5.03 Å². The van der Waals surface area contributed by atoms with Gasteiger partial charge < -0.3 is 0 Å². The average molecular weight is 229 g/mol. The molecule has 0 aliphatic rings. The molecule has 0 aromatic carbocycles. The Labute approximate surface area is 79.5 Å². The zero-order chi connectivity index (χ0) is 9.52. The molecule has 0 radical (unpaired) electrons. The van der Waals surface area contributed by atoms with E-state index in [2.05, 4.69) is 5.10 Å². The summed E-state index contributed by atoms with van der Waals surface area (Å²) in [5, 5.41) is 3.73. The highest BCUT2D eigenvalue weighted by Crippen LogP contribution is 2.23. The van der Waals surface area contributed by atoms with Crippen molar-refractivity contribution in [2.45, 2.75) is 11.9 Å². The average Bonchev–Trinajstić information content (AvgIpc) is 2.15. The minimum atomic E-state index is -3.78. The van der Waals surface area contributed by atoms with E-state index in [1.54, 1.807) is 14.0 Å². The van der Waals surface area contributed by atoms with Gasteiger partial charge in [-0.05, 0) is 6.92 Å². The summed E-state index contributed by atoms with van der Waals surface area (Å²) in [5.41, 5.74) is 0.370. The molecule has 4 nitrogen and oxygen atoms in total. The second kappa shape index (κ2) is 2.90. The van der Waals surface area contributed by atoms with Gasteiger partial charge in [0.1, 0.15) is 5.15 Å². The predicted molar refractivity (Wildman–Crippen MR) is 46.0 cm³/mol. The summed E-state index contributed by atoms with van der Waals surface area (Å²) >= 11 is 5.68. The van der Waals surface area contributed by atoms with E-state index in [4.69, 9.17) is 22.3 Å². The van der Waals surface area contributed by atoms with Crippen LogP contribution in [0.4, 0.5) is 0 Å². The van der Waals surface area contributed by atoms with E-state index in [1.165, 1.54) is 4.68 Å². The molecule has 0 aliphatic heterocycles. The van der Waals surface area contributed by atoms with Gasteiger partial charge >= 0.3 is 0 Å². The third kappa shape index (κ3) is 1.57. The van der Waals surface area contributed by atoms with E-state index in [9.17, 15) is 8.42 Å². The molecule has 1 aromatic rings. The molecule has 0 atom stereocenters. The van der Waals surface area contributed by atoms with Crippen molar-refractivity contribution in [2.75, 3.05) is 0 Å². The van der Waals surface area contributed by atoms with Crippen molar-refractivity contribution >= 4 is 31.3 Å². The molecule has 68 valence electrons. The maximum Gasteiger partial charge on any atom is 0.280 e. The fraction of sp³-hybridized carbons (Fsp3) is 0.400. The van der Waals surface area contributed by atoms with Crippen LogP contribution in [-0.2, 0) is 16.1 Å². The molecule has 7 heteroatoms. The second-order valence-corrected chi connectivity index (χ2v) is 5.12. The van der Waals surface area contributed by atoms with E-state index in [0.29, 0.717) is 5.56 Å². The molecule has 1 rings (SSSR count). The molecular weight excluding hydrogens is 223 g/mol. The lowest BCUT2D eigenvalue weighted by Crippen LogP contribution is -1.95. The number of aromatic nitrogens is 2.